The number of Topliss-reactive ketones (excluding diaryl/α,β-unsaturated/α-hetero) is 1. The van der Waals surface area contributed by atoms with E-state index in [2.05, 4.69) is 14.9 Å². The summed E-state index contributed by atoms with van der Waals surface area (Å²) >= 11 is 5.97. The number of carbonyl (C=O) groups is 1. The molecule has 3 heterocycles. The van der Waals surface area contributed by atoms with E-state index < -0.39 is 30.8 Å². The Bertz CT molecular complexity index is 1070. The highest BCUT2D eigenvalue weighted by Gasteiger charge is 2.43. The minimum atomic E-state index is -4.65. The number of hydrogen-bond acceptors (Lipinski definition) is 8. The first-order valence-electron chi connectivity index (χ1n) is 11.5. The molecule has 3 aliphatic rings. The maximum atomic E-state index is 12.8. The van der Waals surface area contributed by atoms with Gasteiger partial charge in [-0.3, -0.25) is 9.53 Å². The smallest absolute Gasteiger partial charge is 0.482 e. The van der Waals surface area contributed by atoms with Crippen LogP contribution in [-0.2, 0) is 14.3 Å². The van der Waals surface area contributed by atoms with Gasteiger partial charge in [-0.05, 0) is 49.8 Å². The van der Waals surface area contributed by atoms with Crippen LogP contribution in [-0.4, -0.2) is 46.3 Å². The first-order chi connectivity index (χ1) is 16.6. The Morgan fingerprint density at radius 3 is 2.66 bits per heavy atom. The van der Waals surface area contributed by atoms with Gasteiger partial charge < -0.3 is 19.0 Å². The van der Waals surface area contributed by atoms with Crippen molar-refractivity contribution in [2.24, 2.45) is 5.92 Å². The van der Waals surface area contributed by atoms with E-state index in [-0.39, 0.29) is 49.2 Å². The maximum Gasteiger partial charge on any atom is 0.522 e. The summed E-state index contributed by atoms with van der Waals surface area (Å²) in [4.78, 5) is 12.8. The molecule has 1 aliphatic carbocycles. The monoisotopic (exact) mass is 516 g/mol. The summed E-state index contributed by atoms with van der Waals surface area (Å²) in [5.74, 6) is 0.667. The lowest BCUT2D eigenvalue weighted by Crippen LogP contribution is -2.35. The van der Waals surface area contributed by atoms with Crippen LogP contribution in [0.4, 0.5) is 13.2 Å². The Morgan fingerprint density at radius 1 is 1.17 bits per heavy atom. The molecule has 0 spiro atoms. The molecule has 2 aromatic rings. The molecule has 0 bridgehead atoms. The molecule has 1 saturated heterocycles. The summed E-state index contributed by atoms with van der Waals surface area (Å²) < 4.78 is 58.2. The van der Waals surface area contributed by atoms with Crippen molar-refractivity contribution in [2.75, 3.05) is 6.61 Å². The van der Waals surface area contributed by atoms with Gasteiger partial charge in [0.2, 0.25) is 11.8 Å². The van der Waals surface area contributed by atoms with Crippen LogP contribution >= 0.6 is 11.6 Å². The number of aliphatic hydroxyl groups excluding tert-OH is 1. The summed E-state index contributed by atoms with van der Waals surface area (Å²) in [5.41, 5.74) is 0.578. The average molecular weight is 517 g/mol. The fraction of sp³-hybridized carbons (Fsp3) is 0.609. The van der Waals surface area contributed by atoms with Crippen molar-refractivity contribution in [2.45, 2.75) is 75.2 Å². The molecule has 2 fully saturated rings. The third-order valence-electron chi connectivity index (χ3n) is 6.73. The fourth-order valence-corrected chi connectivity index (χ4v) is 4.97. The molecule has 8 nitrogen and oxygen atoms in total. The molecular formula is C23H24ClF3N2O6. The van der Waals surface area contributed by atoms with Crippen LogP contribution in [0.2, 0.25) is 5.02 Å². The quantitative estimate of drug-likeness (QED) is 0.583. The highest BCUT2D eigenvalue weighted by atomic mass is 35.5. The number of carbonyl (C=O) groups excluding carboxylic acids is 1. The number of fused-ring (bicyclic) bond motifs is 1. The predicted octanol–water partition coefficient (Wildman–Crippen LogP) is 4.82. The van der Waals surface area contributed by atoms with E-state index in [1.165, 1.54) is 0 Å². The number of alkyl halides is 3. The standard InChI is InChI=1S/C23H24ClF3N2O6/c24-13-2-4-18-15(8-13)16(30)9-20(33-18)17(31)5-11-1-3-19(32-10-11)22-29-28-21(34-22)12-6-14(7-12)35-23(25,26)27/h2,4,8,11-12,14,16,19-20,30H,1,3,5-7,9-10H2/t11-,12?,14?,16-,19-,20-/m0/s1. The maximum absolute atomic E-state index is 12.8. The van der Waals surface area contributed by atoms with E-state index >= 15 is 0 Å². The molecule has 4 atom stereocenters. The van der Waals surface area contributed by atoms with E-state index in [0.29, 0.717) is 41.7 Å². The Hall–Kier alpha value is -2.21. The second-order valence-corrected chi connectivity index (χ2v) is 9.74. The zero-order valence-corrected chi connectivity index (χ0v) is 19.3. The lowest BCUT2D eigenvalue weighted by atomic mass is 9.82. The van der Waals surface area contributed by atoms with Crippen LogP contribution in [0.15, 0.2) is 22.6 Å². The highest BCUT2D eigenvalue weighted by molar-refractivity contribution is 6.30. The molecule has 1 aromatic heterocycles. The minimum Gasteiger partial charge on any atom is -0.482 e. The minimum absolute atomic E-state index is 0.0135. The van der Waals surface area contributed by atoms with Gasteiger partial charge in [-0.1, -0.05) is 11.6 Å². The molecule has 1 saturated carbocycles. The van der Waals surface area contributed by atoms with E-state index in [1.54, 1.807) is 18.2 Å². The van der Waals surface area contributed by atoms with Crippen molar-refractivity contribution in [3.63, 3.8) is 0 Å². The Balaban J connectivity index is 1.09. The molecule has 12 heteroatoms. The van der Waals surface area contributed by atoms with Crippen LogP contribution in [0.3, 0.4) is 0 Å². The Morgan fingerprint density at radius 2 is 1.94 bits per heavy atom. The molecule has 0 radical (unpaired) electrons. The third kappa shape index (κ3) is 5.63. The molecule has 35 heavy (non-hydrogen) atoms. The normalized spacial score (nSPS) is 30.8. The van der Waals surface area contributed by atoms with Crippen molar-refractivity contribution >= 4 is 17.4 Å². The van der Waals surface area contributed by atoms with Gasteiger partial charge in [0, 0.05) is 29.3 Å². The van der Waals surface area contributed by atoms with E-state index in [0.717, 1.165) is 0 Å². The van der Waals surface area contributed by atoms with E-state index in [9.17, 15) is 23.1 Å². The second-order valence-electron chi connectivity index (χ2n) is 9.31. The first-order valence-corrected chi connectivity index (χ1v) is 11.9. The Kier molecular flexibility index (Phi) is 6.77. The number of rotatable bonds is 6. The van der Waals surface area contributed by atoms with Gasteiger partial charge in [-0.2, -0.15) is 0 Å². The van der Waals surface area contributed by atoms with Gasteiger partial charge in [0.25, 0.3) is 0 Å². The van der Waals surface area contributed by atoms with Crippen molar-refractivity contribution in [1.82, 2.24) is 10.2 Å². The predicted molar refractivity (Wildman–Crippen MR) is 114 cm³/mol. The largest absolute Gasteiger partial charge is 0.522 e. The molecule has 190 valence electrons. The second kappa shape index (κ2) is 9.68. The van der Waals surface area contributed by atoms with E-state index in [4.69, 9.17) is 25.5 Å². The van der Waals surface area contributed by atoms with Crippen molar-refractivity contribution in [3.8, 4) is 5.75 Å². The van der Waals surface area contributed by atoms with Gasteiger partial charge in [-0.15, -0.1) is 23.4 Å². The average Bonchev–Trinajstić information content (AvgIpc) is 3.26. The van der Waals surface area contributed by atoms with Crippen molar-refractivity contribution in [1.29, 1.82) is 0 Å². The summed E-state index contributed by atoms with van der Waals surface area (Å²) in [6, 6.07) is 4.94. The number of nitrogens with zero attached hydrogens (tertiary/aromatic N) is 2. The number of halogens is 4. The molecule has 1 N–H and O–H groups in total. The fourth-order valence-electron chi connectivity index (χ4n) is 4.79. The van der Waals surface area contributed by atoms with Crippen LogP contribution < -0.4 is 4.74 Å². The lowest BCUT2D eigenvalue weighted by Gasteiger charge is -2.33. The van der Waals surface area contributed by atoms with E-state index in [1.807, 2.05) is 0 Å². The highest BCUT2D eigenvalue weighted by Crippen LogP contribution is 2.42. The molecule has 5 rings (SSSR count). The Labute approximate surface area is 203 Å². The SMILES string of the molecule is O=C(C[C@@H]1CC[C@@H](c2nnc(C3CC(OC(F)(F)F)C3)o2)OC1)[C@@H]1C[C@H](O)c2cc(Cl)ccc2O1. The summed E-state index contributed by atoms with van der Waals surface area (Å²) in [7, 11) is 0. The summed E-state index contributed by atoms with van der Waals surface area (Å²) in [5, 5.41) is 18.9. The number of aliphatic hydroxyl groups is 1. The third-order valence-corrected chi connectivity index (χ3v) is 6.97. The molecule has 1 aromatic carbocycles. The molecule has 0 unspecified atom stereocenters. The zero-order valence-electron chi connectivity index (χ0n) is 18.5. The summed E-state index contributed by atoms with van der Waals surface area (Å²) in [6.07, 6.45) is -5.48. The molecule has 0 amide bonds. The number of hydrogen-bond donors (Lipinski definition) is 1. The van der Waals surface area contributed by atoms with Gasteiger partial charge in [0.1, 0.15) is 11.9 Å². The number of ketones is 1. The van der Waals surface area contributed by atoms with Gasteiger partial charge in [0.15, 0.2) is 11.9 Å². The molecule has 2 aliphatic heterocycles. The zero-order chi connectivity index (χ0) is 24.7. The lowest BCUT2D eigenvalue weighted by molar-refractivity contribution is -0.352. The van der Waals surface area contributed by atoms with Crippen molar-refractivity contribution < 1.29 is 41.7 Å². The first kappa shape index (κ1) is 24.5. The summed E-state index contributed by atoms with van der Waals surface area (Å²) in [6.45, 7) is 0.320. The van der Waals surface area contributed by atoms with Crippen molar-refractivity contribution in [3.05, 3.63) is 40.6 Å². The van der Waals surface area contributed by atoms with Gasteiger partial charge in [-0.25, -0.2) is 0 Å². The van der Waals surface area contributed by atoms with Crippen LogP contribution in [0, 0.1) is 5.92 Å². The van der Waals surface area contributed by atoms with Crippen LogP contribution in [0.5, 0.6) is 5.75 Å². The number of benzene rings is 1. The molecular weight excluding hydrogens is 493 g/mol. The van der Waals surface area contributed by atoms with Crippen LogP contribution in [0.1, 0.15) is 74.0 Å². The van der Waals surface area contributed by atoms with Gasteiger partial charge in [0.05, 0.1) is 18.8 Å². The number of aromatic nitrogens is 2. The van der Waals surface area contributed by atoms with Crippen LogP contribution in [0.25, 0.3) is 0 Å². The van der Waals surface area contributed by atoms with Gasteiger partial charge >= 0.3 is 6.36 Å². The number of ether oxygens (including phenoxy) is 3. The topological polar surface area (TPSA) is 104 Å².